The molecule has 0 radical (unpaired) electrons. The van der Waals surface area contributed by atoms with E-state index in [0.29, 0.717) is 11.8 Å². The summed E-state index contributed by atoms with van der Waals surface area (Å²) in [4.78, 5) is 11.4. The zero-order valence-electron chi connectivity index (χ0n) is 14.4. The zero-order chi connectivity index (χ0) is 21.7. The Balaban J connectivity index is 2.48. The number of nitrogen functional groups attached to an aromatic ring is 2. The lowest BCUT2D eigenvalue weighted by Gasteiger charge is -2.15. The highest BCUT2D eigenvalue weighted by atomic mass is 32.2. The van der Waals surface area contributed by atoms with E-state index in [9.17, 15) is 35.8 Å². The molecule has 3 aromatic rings. The average Bonchev–Trinajstić information content (AvgIpc) is 2.60. The smallest absolute Gasteiger partial charge is 0.296 e. The van der Waals surface area contributed by atoms with Gasteiger partial charge in [-0.05, 0) is 41.8 Å². The molecule has 0 aliphatic rings. The molecule has 0 aliphatic carbocycles. The number of anilines is 2. The van der Waals surface area contributed by atoms with Crippen LogP contribution in [0.1, 0.15) is 15.9 Å². The van der Waals surface area contributed by atoms with Crippen LogP contribution in [0.5, 0.6) is 5.75 Å². The van der Waals surface area contributed by atoms with Crippen molar-refractivity contribution in [3.05, 3.63) is 53.6 Å². The Kier molecular flexibility index (Phi) is 4.75. The number of phenolic OH excluding ortho intramolecular Hbond substituents is 1. The fourth-order valence-electron chi connectivity index (χ4n) is 2.86. The van der Waals surface area contributed by atoms with E-state index in [1.54, 1.807) is 0 Å². The van der Waals surface area contributed by atoms with Crippen LogP contribution in [0.15, 0.2) is 52.3 Å². The number of phenols is 1. The molecule has 12 heteroatoms. The van der Waals surface area contributed by atoms with Gasteiger partial charge in [-0.15, -0.1) is 0 Å². The molecule has 3 aromatic carbocycles. The molecule has 0 aromatic heterocycles. The van der Waals surface area contributed by atoms with Crippen LogP contribution < -0.4 is 11.5 Å². The highest BCUT2D eigenvalue weighted by Crippen LogP contribution is 2.39. The zero-order valence-corrected chi connectivity index (χ0v) is 16.0. The SMILES string of the molecule is Nc1ccc(C(=O)c2c(N)c(S(=O)(=O)O)cc3cc(S(=O)(=O)O)cc(O)c23)cc1. The van der Waals surface area contributed by atoms with Gasteiger partial charge in [-0.1, -0.05) is 0 Å². The normalized spacial score (nSPS) is 12.2. The topological polar surface area (TPSA) is 198 Å². The van der Waals surface area contributed by atoms with Gasteiger partial charge in [0.2, 0.25) is 0 Å². The Morgan fingerprint density at radius 2 is 1.45 bits per heavy atom. The molecular formula is C17H14N2O8S2. The first-order valence-electron chi connectivity index (χ1n) is 7.75. The molecule has 0 bridgehead atoms. The van der Waals surface area contributed by atoms with E-state index in [1.165, 1.54) is 24.3 Å². The molecule has 3 rings (SSSR count). The van der Waals surface area contributed by atoms with Crippen molar-refractivity contribution in [3.8, 4) is 5.75 Å². The van der Waals surface area contributed by atoms with Crippen molar-refractivity contribution >= 4 is 48.2 Å². The molecule has 0 heterocycles. The van der Waals surface area contributed by atoms with Crippen LogP contribution in [0.2, 0.25) is 0 Å². The van der Waals surface area contributed by atoms with Crippen molar-refractivity contribution in [1.29, 1.82) is 0 Å². The number of hydrogen-bond donors (Lipinski definition) is 5. The van der Waals surface area contributed by atoms with Crippen molar-refractivity contribution in [1.82, 2.24) is 0 Å². The minimum Gasteiger partial charge on any atom is -0.507 e. The Morgan fingerprint density at radius 1 is 0.862 bits per heavy atom. The first-order chi connectivity index (χ1) is 13.3. The van der Waals surface area contributed by atoms with Crippen LogP contribution in [-0.2, 0) is 20.2 Å². The average molecular weight is 438 g/mol. The number of ketones is 1. The number of nitrogens with two attached hydrogens (primary N) is 2. The summed E-state index contributed by atoms with van der Waals surface area (Å²) in [6, 6.07) is 7.80. The third-order valence-electron chi connectivity index (χ3n) is 4.17. The Labute approximate surface area is 164 Å². The summed E-state index contributed by atoms with van der Waals surface area (Å²) in [5.41, 5.74) is 10.7. The van der Waals surface area contributed by atoms with Crippen LogP contribution in [-0.4, -0.2) is 36.8 Å². The lowest BCUT2D eigenvalue weighted by Crippen LogP contribution is -2.12. The Morgan fingerprint density at radius 3 is 1.97 bits per heavy atom. The number of hydrogen-bond acceptors (Lipinski definition) is 8. The largest absolute Gasteiger partial charge is 0.507 e. The van der Waals surface area contributed by atoms with Gasteiger partial charge in [0.05, 0.1) is 16.1 Å². The van der Waals surface area contributed by atoms with E-state index in [4.69, 9.17) is 11.5 Å². The van der Waals surface area contributed by atoms with Gasteiger partial charge in [-0.3, -0.25) is 13.9 Å². The monoisotopic (exact) mass is 438 g/mol. The number of aromatic hydroxyl groups is 1. The molecule has 0 saturated carbocycles. The van der Waals surface area contributed by atoms with Crippen LogP contribution >= 0.6 is 0 Å². The maximum atomic E-state index is 13.0. The second kappa shape index (κ2) is 6.70. The summed E-state index contributed by atoms with van der Waals surface area (Å²) in [7, 11) is -9.69. The second-order valence-electron chi connectivity index (χ2n) is 6.11. The molecule has 10 nitrogen and oxygen atoms in total. The third-order valence-corrected chi connectivity index (χ3v) is 5.89. The van der Waals surface area contributed by atoms with Gasteiger partial charge in [0.25, 0.3) is 20.2 Å². The maximum Gasteiger partial charge on any atom is 0.296 e. The molecule has 0 fully saturated rings. The number of fused-ring (bicyclic) bond motifs is 1. The number of carbonyl (C=O) groups excluding carboxylic acids is 1. The van der Waals surface area contributed by atoms with Crippen molar-refractivity contribution in [2.24, 2.45) is 0 Å². The molecule has 0 saturated heterocycles. The van der Waals surface area contributed by atoms with Gasteiger partial charge in [-0.2, -0.15) is 16.8 Å². The molecule has 29 heavy (non-hydrogen) atoms. The first-order valence-corrected chi connectivity index (χ1v) is 10.6. The molecule has 0 aliphatic heterocycles. The lowest BCUT2D eigenvalue weighted by atomic mass is 9.94. The predicted molar refractivity (Wildman–Crippen MR) is 104 cm³/mol. The minimum atomic E-state index is -4.92. The highest BCUT2D eigenvalue weighted by Gasteiger charge is 2.27. The third kappa shape index (κ3) is 3.73. The van der Waals surface area contributed by atoms with Crippen LogP contribution in [0.4, 0.5) is 11.4 Å². The predicted octanol–water partition coefficient (Wildman–Crippen LogP) is 1.43. The number of rotatable bonds is 4. The fraction of sp³-hybridized carbons (Fsp3) is 0. The Hall–Kier alpha value is -3.19. The second-order valence-corrected chi connectivity index (χ2v) is 8.92. The summed E-state index contributed by atoms with van der Waals surface area (Å²) in [5, 5.41) is 9.81. The quantitative estimate of drug-likeness (QED) is 0.225. The first kappa shape index (κ1) is 20.5. The molecular weight excluding hydrogens is 424 g/mol. The summed E-state index contributed by atoms with van der Waals surface area (Å²) in [5.74, 6) is -1.56. The molecule has 7 N–H and O–H groups in total. The van der Waals surface area contributed by atoms with Crippen molar-refractivity contribution in [3.63, 3.8) is 0 Å². The van der Waals surface area contributed by atoms with Crippen LogP contribution in [0, 0.1) is 0 Å². The van der Waals surface area contributed by atoms with Gasteiger partial charge in [0.15, 0.2) is 5.78 Å². The summed E-state index contributed by atoms with van der Waals surface area (Å²) in [6.07, 6.45) is 0. The van der Waals surface area contributed by atoms with Gasteiger partial charge >= 0.3 is 0 Å². The van der Waals surface area contributed by atoms with E-state index in [0.717, 1.165) is 12.1 Å². The molecule has 0 atom stereocenters. The van der Waals surface area contributed by atoms with Crippen LogP contribution in [0.3, 0.4) is 0 Å². The fourth-order valence-corrected chi connectivity index (χ4v) is 4.05. The van der Waals surface area contributed by atoms with E-state index >= 15 is 0 Å². The van der Waals surface area contributed by atoms with E-state index < -0.39 is 52.8 Å². The standard InChI is InChI=1S/C17H14N2O8S2/c18-10-3-1-8(2-4-10)17(21)15-14-9(6-13(16(15)19)29(25,26)27)5-11(7-12(14)20)28(22,23)24/h1-7,20H,18-19H2,(H,22,23,24)(H,25,26,27). The van der Waals surface area contributed by atoms with Gasteiger partial charge in [0, 0.05) is 22.7 Å². The van der Waals surface area contributed by atoms with E-state index in [-0.39, 0.29) is 16.3 Å². The summed E-state index contributed by atoms with van der Waals surface area (Å²) >= 11 is 0. The van der Waals surface area contributed by atoms with Crippen molar-refractivity contribution in [2.45, 2.75) is 9.79 Å². The van der Waals surface area contributed by atoms with Gasteiger partial charge in [0.1, 0.15) is 10.6 Å². The molecule has 152 valence electrons. The van der Waals surface area contributed by atoms with E-state index in [1.807, 2.05) is 0 Å². The van der Waals surface area contributed by atoms with Crippen LogP contribution in [0.25, 0.3) is 10.8 Å². The summed E-state index contributed by atoms with van der Waals surface area (Å²) in [6.45, 7) is 0. The van der Waals surface area contributed by atoms with Crippen molar-refractivity contribution < 1.29 is 35.8 Å². The molecule has 0 unspecified atom stereocenters. The number of benzene rings is 3. The van der Waals surface area contributed by atoms with E-state index in [2.05, 4.69) is 0 Å². The minimum absolute atomic E-state index is 0.0398. The lowest BCUT2D eigenvalue weighted by molar-refractivity contribution is 0.104. The molecule has 0 amide bonds. The Bertz CT molecular complexity index is 1380. The van der Waals surface area contributed by atoms with Gasteiger partial charge < -0.3 is 16.6 Å². The maximum absolute atomic E-state index is 13.0. The number of carbonyl (C=O) groups is 1. The summed E-state index contributed by atoms with van der Waals surface area (Å²) < 4.78 is 65.0. The highest BCUT2D eigenvalue weighted by molar-refractivity contribution is 7.86. The van der Waals surface area contributed by atoms with Crippen molar-refractivity contribution in [2.75, 3.05) is 11.5 Å². The van der Waals surface area contributed by atoms with Gasteiger partial charge in [-0.25, -0.2) is 0 Å². The molecule has 0 spiro atoms.